The van der Waals surface area contributed by atoms with E-state index in [1.807, 2.05) is 12.4 Å². The van der Waals surface area contributed by atoms with Crippen LogP contribution in [0.2, 0.25) is 0 Å². The normalized spacial score (nSPS) is 26.2. The number of carbonyl (C=O) groups is 1. The number of imidazole rings is 1. The predicted octanol–water partition coefficient (Wildman–Crippen LogP) is 2.94. The molecule has 0 saturated heterocycles. The van der Waals surface area contributed by atoms with Crippen molar-refractivity contribution < 1.29 is 9.90 Å². The van der Waals surface area contributed by atoms with E-state index in [4.69, 9.17) is 0 Å². The summed E-state index contributed by atoms with van der Waals surface area (Å²) in [6, 6.07) is 0.221. The number of hydrogen-bond donors (Lipinski definition) is 2. The van der Waals surface area contributed by atoms with Gasteiger partial charge >= 0.3 is 5.97 Å². The third-order valence-corrected chi connectivity index (χ3v) is 4.46. The maximum Gasteiger partial charge on any atom is 0.323 e. The molecule has 0 bridgehead atoms. The molecule has 5 heteroatoms. The molecular weight excluding hydrogens is 266 g/mol. The zero-order valence-corrected chi connectivity index (χ0v) is 13.3. The first-order valence-electron chi connectivity index (χ1n) is 8.01. The molecule has 118 valence electrons. The zero-order chi connectivity index (χ0) is 15.5. The van der Waals surface area contributed by atoms with Crippen LogP contribution in [0.3, 0.4) is 0 Å². The molecule has 2 N–H and O–H groups in total. The van der Waals surface area contributed by atoms with E-state index >= 15 is 0 Å². The molecule has 2 rings (SSSR count). The van der Waals surface area contributed by atoms with E-state index < -0.39 is 11.5 Å². The minimum atomic E-state index is -0.780. The molecule has 1 aliphatic rings. The van der Waals surface area contributed by atoms with E-state index in [1.165, 1.54) is 0 Å². The fourth-order valence-electron chi connectivity index (χ4n) is 3.36. The van der Waals surface area contributed by atoms with Gasteiger partial charge in [-0.3, -0.25) is 4.79 Å². The molecular formula is C16H27N3O2. The average molecular weight is 293 g/mol. The van der Waals surface area contributed by atoms with Crippen molar-refractivity contribution in [1.29, 1.82) is 0 Å². The van der Waals surface area contributed by atoms with Gasteiger partial charge in [-0.05, 0) is 38.6 Å². The van der Waals surface area contributed by atoms with Gasteiger partial charge in [0.25, 0.3) is 0 Å². The van der Waals surface area contributed by atoms with Crippen LogP contribution in [0.25, 0.3) is 0 Å². The number of aromatic nitrogens is 2. The molecule has 1 fully saturated rings. The summed E-state index contributed by atoms with van der Waals surface area (Å²) in [4.78, 5) is 16.3. The summed E-state index contributed by atoms with van der Waals surface area (Å²) >= 11 is 0. The average Bonchev–Trinajstić information content (AvgIpc) is 2.95. The Kier molecular flexibility index (Phi) is 5.04. The SMILES string of the molecule is CCCNC1(C(=O)O)CCCC(n2ccnc2C(C)C)C1. The number of carboxylic acids is 1. The van der Waals surface area contributed by atoms with Crippen molar-refractivity contribution in [2.24, 2.45) is 0 Å². The van der Waals surface area contributed by atoms with Crippen molar-refractivity contribution in [3.05, 3.63) is 18.2 Å². The Balaban J connectivity index is 2.22. The first-order chi connectivity index (χ1) is 10.00. The summed E-state index contributed by atoms with van der Waals surface area (Å²) in [5.74, 6) is 0.688. The van der Waals surface area contributed by atoms with E-state index in [9.17, 15) is 9.90 Å². The lowest BCUT2D eigenvalue weighted by Gasteiger charge is -2.39. The predicted molar refractivity (Wildman–Crippen MR) is 82.5 cm³/mol. The molecule has 1 saturated carbocycles. The van der Waals surface area contributed by atoms with Crippen LogP contribution in [0.15, 0.2) is 12.4 Å². The zero-order valence-electron chi connectivity index (χ0n) is 13.3. The Morgan fingerprint density at radius 1 is 1.62 bits per heavy atom. The Morgan fingerprint density at radius 3 is 3.00 bits per heavy atom. The molecule has 1 heterocycles. The second-order valence-corrected chi connectivity index (χ2v) is 6.41. The third-order valence-electron chi connectivity index (χ3n) is 4.46. The molecule has 0 spiro atoms. The lowest BCUT2D eigenvalue weighted by molar-refractivity contribution is -0.147. The molecule has 1 aliphatic carbocycles. The van der Waals surface area contributed by atoms with Crippen molar-refractivity contribution >= 4 is 5.97 Å². The molecule has 5 nitrogen and oxygen atoms in total. The standard InChI is InChI=1S/C16H27N3O2/c1-4-8-18-16(15(20)21)7-5-6-13(11-16)19-10-9-17-14(19)12(2)3/h9-10,12-13,18H,4-8,11H2,1-3H3,(H,20,21). The maximum atomic E-state index is 11.8. The molecule has 2 unspecified atom stereocenters. The highest BCUT2D eigenvalue weighted by Gasteiger charge is 2.43. The van der Waals surface area contributed by atoms with E-state index in [0.29, 0.717) is 18.8 Å². The van der Waals surface area contributed by atoms with Gasteiger partial charge in [0.2, 0.25) is 0 Å². The molecule has 2 atom stereocenters. The molecule has 1 aromatic rings. The van der Waals surface area contributed by atoms with Crippen LogP contribution in [0.1, 0.15) is 70.7 Å². The van der Waals surface area contributed by atoms with Gasteiger partial charge in [0.05, 0.1) is 0 Å². The van der Waals surface area contributed by atoms with E-state index in [1.54, 1.807) is 0 Å². The van der Waals surface area contributed by atoms with Crippen molar-refractivity contribution in [2.45, 2.75) is 70.4 Å². The van der Waals surface area contributed by atoms with Gasteiger partial charge in [-0.15, -0.1) is 0 Å². The Labute approximate surface area is 126 Å². The van der Waals surface area contributed by atoms with Gasteiger partial charge in [-0.25, -0.2) is 4.98 Å². The lowest BCUT2D eigenvalue weighted by Crippen LogP contribution is -2.55. The minimum Gasteiger partial charge on any atom is -0.480 e. The van der Waals surface area contributed by atoms with Crippen LogP contribution < -0.4 is 5.32 Å². The minimum absolute atomic E-state index is 0.221. The summed E-state index contributed by atoms with van der Waals surface area (Å²) in [5, 5.41) is 13.0. The Bertz CT molecular complexity index is 484. The van der Waals surface area contributed by atoms with Gasteiger partial charge in [-0.2, -0.15) is 0 Å². The highest BCUT2D eigenvalue weighted by Crippen LogP contribution is 2.37. The fraction of sp³-hybridized carbons (Fsp3) is 0.750. The van der Waals surface area contributed by atoms with Crippen molar-refractivity contribution in [2.75, 3.05) is 6.54 Å². The van der Waals surface area contributed by atoms with Gasteiger partial charge in [0.1, 0.15) is 11.4 Å². The number of nitrogens with zero attached hydrogens (tertiary/aromatic N) is 2. The van der Waals surface area contributed by atoms with E-state index in [-0.39, 0.29) is 6.04 Å². The van der Waals surface area contributed by atoms with Crippen LogP contribution in [-0.4, -0.2) is 32.7 Å². The van der Waals surface area contributed by atoms with Crippen LogP contribution in [-0.2, 0) is 4.79 Å². The number of rotatable bonds is 6. The molecule has 21 heavy (non-hydrogen) atoms. The quantitative estimate of drug-likeness (QED) is 0.846. The van der Waals surface area contributed by atoms with Crippen LogP contribution in [0, 0.1) is 0 Å². The number of nitrogens with one attached hydrogen (secondary N) is 1. The molecule has 0 aromatic carbocycles. The summed E-state index contributed by atoms with van der Waals surface area (Å²) in [5.41, 5.74) is -0.780. The van der Waals surface area contributed by atoms with Crippen molar-refractivity contribution in [3.63, 3.8) is 0 Å². The summed E-state index contributed by atoms with van der Waals surface area (Å²) in [6.45, 7) is 7.07. The summed E-state index contributed by atoms with van der Waals surface area (Å²) in [6.07, 6.45) is 8.08. The van der Waals surface area contributed by atoms with E-state index in [0.717, 1.165) is 31.6 Å². The largest absolute Gasteiger partial charge is 0.480 e. The van der Waals surface area contributed by atoms with Crippen LogP contribution in [0.4, 0.5) is 0 Å². The first kappa shape index (κ1) is 16.0. The molecule has 0 radical (unpaired) electrons. The molecule has 0 amide bonds. The molecule has 1 aromatic heterocycles. The Hall–Kier alpha value is -1.36. The smallest absolute Gasteiger partial charge is 0.323 e. The van der Waals surface area contributed by atoms with Gasteiger partial charge in [0.15, 0.2) is 0 Å². The lowest BCUT2D eigenvalue weighted by atomic mass is 9.78. The maximum absolute atomic E-state index is 11.8. The third kappa shape index (κ3) is 3.28. The second kappa shape index (κ2) is 6.60. The molecule has 0 aliphatic heterocycles. The highest BCUT2D eigenvalue weighted by atomic mass is 16.4. The van der Waals surface area contributed by atoms with Crippen LogP contribution in [0.5, 0.6) is 0 Å². The van der Waals surface area contributed by atoms with Crippen molar-refractivity contribution in [1.82, 2.24) is 14.9 Å². The summed E-state index contributed by atoms with van der Waals surface area (Å²) < 4.78 is 2.19. The fourth-order valence-corrected chi connectivity index (χ4v) is 3.36. The second-order valence-electron chi connectivity index (χ2n) is 6.41. The highest BCUT2D eigenvalue weighted by molar-refractivity contribution is 5.79. The number of aliphatic carboxylic acids is 1. The Morgan fingerprint density at radius 2 is 2.38 bits per heavy atom. The first-order valence-corrected chi connectivity index (χ1v) is 8.01. The number of carboxylic acid groups (broad SMARTS) is 1. The van der Waals surface area contributed by atoms with E-state index in [2.05, 4.69) is 35.6 Å². The topological polar surface area (TPSA) is 67.2 Å². The summed E-state index contributed by atoms with van der Waals surface area (Å²) in [7, 11) is 0. The van der Waals surface area contributed by atoms with Gasteiger partial charge in [0, 0.05) is 24.4 Å². The monoisotopic (exact) mass is 293 g/mol. The number of hydrogen-bond acceptors (Lipinski definition) is 3. The van der Waals surface area contributed by atoms with Crippen molar-refractivity contribution in [3.8, 4) is 0 Å². The van der Waals surface area contributed by atoms with Gasteiger partial charge in [-0.1, -0.05) is 20.8 Å². The van der Waals surface area contributed by atoms with Gasteiger partial charge < -0.3 is 15.0 Å². The van der Waals surface area contributed by atoms with Crippen LogP contribution >= 0.6 is 0 Å².